The summed E-state index contributed by atoms with van der Waals surface area (Å²) in [5.74, 6) is -0.250. The maximum atomic E-state index is 13.9. The first-order valence-electron chi connectivity index (χ1n) is 6.44. The van der Waals surface area contributed by atoms with Crippen LogP contribution in [0.3, 0.4) is 0 Å². The zero-order valence-electron chi connectivity index (χ0n) is 11.1. The quantitative estimate of drug-likeness (QED) is 0.696. The van der Waals surface area contributed by atoms with Crippen molar-refractivity contribution in [1.82, 2.24) is 5.32 Å². The highest BCUT2D eigenvalue weighted by atomic mass is 35.5. The lowest BCUT2D eigenvalue weighted by Gasteiger charge is -2.21. The second-order valence-corrected chi connectivity index (χ2v) is 4.86. The molecule has 1 unspecified atom stereocenters. The van der Waals surface area contributed by atoms with Crippen molar-refractivity contribution >= 4 is 11.6 Å². The van der Waals surface area contributed by atoms with E-state index in [1.54, 1.807) is 12.1 Å². The van der Waals surface area contributed by atoms with Crippen molar-refractivity contribution in [2.75, 3.05) is 6.54 Å². The fraction of sp³-hybridized carbons (Fsp3) is 0.467. The van der Waals surface area contributed by atoms with Crippen LogP contribution in [-0.4, -0.2) is 6.54 Å². The molecule has 1 N–H and O–H groups in total. The topological polar surface area (TPSA) is 12.0 Å². The fourth-order valence-electron chi connectivity index (χ4n) is 1.87. The van der Waals surface area contributed by atoms with Crippen LogP contribution in [0.25, 0.3) is 0 Å². The van der Waals surface area contributed by atoms with Gasteiger partial charge in [0.25, 0.3) is 0 Å². The Hall–Kier alpha value is -0.860. The van der Waals surface area contributed by atoms with Crippen LogP contribution in [0.5, 0.6) is 0 Å². The van der Waals surface area contributed by atoms with Gasteiger partial charge < -0.3 is 5.32 Å². The van der Waals surface area contributed by atoms with Crippen molar-refractivity contribution in [2.24, 2.45) is 0 Å². The SMILES string of the molecule is C=C(CC)CC(NCCC)c1c(F)cccc1Cl. The summed E-state index contributed by atoms with van der Waals surface area (Å²) in [6, 6.07) is 4.73. The Balaban J connectivity index is 2.97. The zero-order chi connectivity index (χ0) is 13.5. The van der Waals surface area contributed by atoms with E-state index in [9.17, 15) is 4.39 Å². The largest absolute Gasteiger partial charge is 0.310 e. The van der Waals surface area contributed by atoms with Crippen LogP contribution in [0.2, 0.25) is 5.02 Å². The van der Waals surface area contributed by atoms with Gasteiger partial charge in [-0.2, -0.15) is 0 Å². The maximum absolute atomic E-state index is 13.9. The highest BCUT2D eigenvalue weighted by Gasteiger charge is 2.18. The summed E-state index contributed by atoms with van der Waals surface area (Å²) in [6.07, 6.45) is 2.62. The Morgan fingerprint density at radius 3 is 2.72 bits per heavy atom. The van der Waals surface area contributed by atoms with E-state index in [-0.39, 0.29) is 11.9 Å². The van der Waals surface area contributed by atoms with E-state index < -0.39 is 0 Å². The Morgan fingerprint density at radius 2 is 2.17 bits per heavy atom. The van der Waals surface area contributed by atoms with E-state index in [2.05, 4.69) is 25.7 Å². The third-order valence-electron chi connectivity index (χ3n) is 2.98. The highest BCUT2D eigenvalue weighted by molar-refractivity contribution is 6.31. The molecule has 1 aromatic carbocycles. The van der Waals surface area contributed by atoms with Crippen LogP contribution < -0.4 is 5.32 Å². The molecule has 0 saturated carbocycles. The van der Waals surface area contributed by atoms with Gasteiger partial charge in [0.2, 0.25) is 0 Å². The molecule has 1 atom stereocenters. The van der Waals surface area contributed by atoms with Gasteiger partial charge in [-0.3, -0.25) is 0 Å². The highest BCUT2D eigenvalue weighted by Crippen LogP contribution is 2.30. The summed E-state index contributed by atoms with van der Waals surface area (Å²) in [7, 11) is 0. The van der Waals surface area contributed by atoms with Gasteiger partial charge in [0.05, 0.1) is 0 Å². The number of nitrogens with one attached hydrogen (secondary N) is 1. The molecular weight excluding hydrogens is 249 g/mol. The molecule has 0 aliphatic rings. The molecule has 0 saturated heterocycles. The summed E-state index contributed by atoms with van der Waals surface area (Å²) in [5, 5.41) is 3.83. The van der Waals surface area contributed by atoms with Gasteiger partial charge in [-0.1, -0.05) is 43.7 Å². The van der Waals surface area contributed by atoms with Crippen molar-refractivity contribution < 1.29 is 4.39 Å². The first kappa shape index (κ1) is 15.2. The Morgan fingerprint density at radius 1 is 1.44 bits per heavy atom. The van der Waals surface area contributed by atoms with Crippen LogP contribution in [0.15, 0.2) is 30.4 Å². The van der Waals surface area contributed by atoms with Crippen molar-refractivity contribution in [3.05, 3.63) is 46.8 Å². The van der Waals surface area contributed by atoms with Crippen molar-refractivity contribution in [3.8, 4) is 0 Å². The molecule has 0 heterocycles. The van der Waals surface area contributed by atoms with Crippen molar-refractivity contribution in [2.45, 2.75) is 39.2 Å². The summed E-state index contributed by atoms with van der Waals surface area (Å²) in [4.78, 5) is 0. The second kappa shape index (κ2) is 7.55. The van der Waals surface area contributed by atoms with E-state index in [0.717, 1.165) is 31.4 Å². The van der Waals surface area contributed by atoms with Gasteiger partial charge in [-0.05, 0) is 37.9 Å². The Bertz CT molecular complexity index is 383. The van der Waals surface area contributed by atoms with Crippen LogP contribution in [-0.2, 0) is 0 Å². The third kappa shape index (κ3) is 4.11. The van der Waals surface area contributed by atoms with E-state index in [1.807, 2.05) is 0 Å². The minimum atomic E-state index is -0.250. The molecule has 0 spiro atoms. The van der Waals surface area contributed by atoms with E-state index in [1.165, 1.54) is 6.07 Å². The number of rotatable bonds is 7. The fourth-order valence-corrected chi connectivity index (χ4v) is 2.17. The lowest BCUT2D eigenvalue weighted by Crippen LogP contribution is -2.23. The number of benzene rings is 1. The lowest BCUT2D eigenvalue weighted by molar-refractivity contribution is 0.493. The van der Waals surface area contributed by atoms with E-state index >= 15 is 0 Å². The molecule has 1 nitrogen and oxygen atoms in total. The third-order valence-corrected chi connectivity index (χ3v) is 3.31. The molecule has 1 rings (SSSR count). The molecule has 0 amide bonds. The molecule has 18 heavy (non-hydrogen) atoms. The predicted molar refractivity (Wildman–Crippen MR) is 76.5 cm³/mol. The molecule has 0 bridgehead atoms. The van der Waals surface area contributed by atoms with Gasteiger partial charge >= 0.3 is 0 Å². The van der Waals surface area contributed by atoms with Gasteiger partial charge in [0.15, 0.2) is 0 Å². The normalized spacial score (nSPS) is 12.4. The van der Waals surface area contributed by atoms with E-state index in [0.29, 0.717) is 10.6 Å². The standard InChI is InChI=1S/C15H21ClFN/c1-4-9-18-14(10-11(3)5-2)15-12(16)7-6-8-13(15)17/h6-8,14,18H,3-5,9-10H2,1-2H3. The molecule has 0 aliphatic carbocycles. The Kier molecular flexibility index (Phi) is 6.37. The minimum Gasteiger partial charge on any atom is -0.310 e. The first-order chi connectivity index (χ1) is 8.60. The number of hydrogen-bond acceptors (Lipinski definition) is 1. The zero-order valence-corrected chi connectivity index (χ0v) is 11.9. The predicted octanol–water partition coefficient (Wildman–Crippen LogP) is 4.88. The molecule has 0 fully saturated rings. The molecule has 0 aromatic heterocycles. The van der Waals surface area contributed by atoms with Crippen LogP contribution in [0, 0.1) is 5.82 Å². The average molecular weight is 270 g/mol. The van der Waals surface area contributed by atoms with Crippen molar-refractivity contribution in [3.63, 3.8) is 0 Å². The van der Waals surface area contributed by atoms with Gasteiger partial charge in [0, 0.05) is 16.6 Å². The monoisotopic (exact) mass is 269 g/mol. The molecule has 1 aromatic rings. The summed E-state index contributed by atoms with van der Waals surface area (Å²) >= 11 is 6.12. The van der Waals surface area contributed by atoms with Crippen LogP contribution in [0.1, 0.15) is 44.7 Å². The maximum Gasteiger partial charge on any atom is 0.129 e. The molecule has 0 radical (unpaired) electrons. The van der Waals surface area contributed by atoms with Gasteiger partial charge in [-0.15, -0.1) is 0 Å². The number of halogens is 2. The van der Waals surface area contributed by atoms with Crippen molar-refractivity contribution in [1.29, 1.82) is 0 Å². The summed E-state index contributed by atoms with van der Waals surface area (Å²) < 4.78 is 13.9. The number of hydrogen-bond donors (Lipinski definition) is 1. The summed E-state index contributed by atoms with van der Waals surface area (Å²) in [6.45, 7) is 8.98. The minimum absolute atomic E-state index is 0.0916. The molecule has 3 heteroatoms. The average Bonchev–Trinajstić information content (AvgIpc) is 2.35. The van der Waals surface area contributed by atoms with Crippen LogP contribution >= 0.6 is 11.6 Å². The molecular formula is C15H21ClFN. The summed E-state index contributed by atoms with van der Waals surface area (Å²) in [5.41, 5.74) is 1.66. The van der Waals surface area contributed by atoms with E-state index in [4.69, 9.17) is 11.6 Å². The van der Waals surface area contributed by atoms with Gasteiger partial charge in [0.1, 0.15) is 5.82 Å². The lowest BCUT2D eigenvalue weighted by atomic mass is 9.97. The van der Waals surface area contributed by atoms with Crippen LogP contribution in [0.4, 0.5) is 4.39 Å². The second-order valence-electron chi connectivity index (χ2n) is 4.45. The first-order valence-corrected chi connectivity index (χ1v) is 6.81. The smallest absolute Gasteiger partial charge is 0.129 e. The molecule has 100 valence electrons. The Labute approximate surface area is 114 Å². The van der Waals surface area contributed by atoms with Gasteiger partial charge in [-0.25, -0.2) is 4.39 Å². The molecule has 0 aliphatic heterocycles.